The highest BCUT2D eigenvalue weighted by atomic mass is 16.5. The molecule has 2 aliphatic rings. The number of carbonyl (C=O) groups is 1. The Bertz CT molecular complexity index is 291. The lowest BCUT2D eigenvalue weighted by Crippen LogP contribution is -2.43. The molecule has 2 rings (SSSR count). The second-order valence-corrected chi connectivity index (χ2v) is 5.68. The average Bonchev–Trinajstić information content (AvgIpc) is 3.06. The van der Waals surface area contributed by atoms with E-state index in [0.717, 1.165) is 0 Å². The summed E-state index contributed by atoms with van der Waals surface area (Å²) >= 11 is 0. The zero-order valence-electron chi connectivity index (χ0n) is 11.0. The molecule has 1 heterocycles. The van der Waals surface area contributed by atoms with Gasteiger partial charge >= 0.3 is 0 Å². The third-order valence-electron chi connectivity index (χ3n) is 4.28. The molecule has 0 spiro atoms. The molecule has 1 saturated heterocycles. The second-order valence-electron chi connectivity index (χ2n) is 5.68. The molecular formula is C13H24N2O2. The molecule has 1 saturated carbocycles. The van der Waals surface area contributed by atoms with Gasteiger partial charge < -0.3 is 15.8 Å². The van der Waals surface area contributed by atoms with E-state index in [9.17, 15) is 4.79 Å². The number of nitrogens with one attached hydrogen (secondary N) is 1. The molecule has 0 aromatic heterocycles. The van der Waals surface area contributed by atoms with Crippen molar-refractivity contribution in [3.05, 3.63) is 0 Å². The molecule has 17 heavy (non-hydrogen) atoms. The molecule has 1 aliphatic heterocycles. The van der Waals surface area contributed by atoms with Gasteiger partial charge in [-0.3, -0.25) is 4.79 Å². The number of hydrogen-bond donors (Lipinski definition) is 2. The van der Waals surface area contributed by atoms with E-state index in [0.29, 0.717) is 12.5 Å². The van der Waals surface area contributed by atoms with Crippen LogP contribution in [0.1, 0.15) is 33.6 Å². The van der Waals surface area contributed by atoms with Crippen LogP contribution >= 0.6 is 0 Å². The third-order valence-corrected chi connectivity index (χ3v) is 4.28. The van der Waals surface area contributed by atoms with E-state index >= 15 is 0 Å². The monoisotopic (exact) mass is 240 g/mol. The molecule has 1 amide bonds. The Morgan fingerprint density at radius 3 is 2.47 bits per heavy atom. The first kappa shape index (κ1) is 12.8. The molecule has 4 nitrogen and oxygen atoms in total. The van der Waals surface area contributed by atoms with Gasteiger partial charge in [-0.05, 0) is 38.5 Å². The smallest absolute Gasteiger partial charge is 0.226 e. The quantitative estimate of drug-likeness (QED) is 0.767. The summed E-state index contributed by atoms with van der Waals surface area (Å²) in [4.78, 5) is 12.1. The third kappa shape index (κ3) is 2.80. The first-order chi connectivity index (χ1) is 8.00. The summed E-state index contributed by atoms with van der Waals surface area (Å²) in [5, 5.41) is 2.98. The van der Waals surface area contributed by atoms with Crippen LogP contribution < -0.4 is 11.1 Å². The van der Waals surface area contributed by atoms with E-state index in [1.165, 1.54) is 12.8 Å². The van der Waals surface area contributed by atoms with Crippen molar-refractivity contribution in [2.45, 2.75) is 51.9 Å². The fourth-order valence-electron chi connectivity index (χ4n) is 2.75. The summed E-state index contributed by atoms with van der Waals surface area (Å²) < 4.78 is 5.68. The van der Waals surface area contributed by atoms with E-state index in [-0.39, 0.29) is 36.0 Å². The maximum Gasteiger partial charge on any atom is 0.226 e. The standard InChI is InChI=1S/C13H24N2O2/c1-7-8(2)17-9(3)12(7)13(16)15-6-11(14)10-4-5-10/h7-12H,4-6,14H2,1-3H3,(H,15,16). The Kier molecular flexibility index (Phi) is 3.73. The lowest BCUT2D eigenvalue weighted by Gasteiger charge is -2.19. The van der Waals surface area contributed by atoms with Crippen molar-refractivity contribution < 1.29 is 9.53 Å². The Morgan fingerprint density at radius 1 is 1.35 bits per heavy atom. The van der Waals surface area contributed by atoms with Crippen LogP contribution in [-0.4, -0.2) is 30.7 Å². The highest BCUT2D eigenvalue weighted by Crippen LogP contribution is 2.33. The SMILES string of the molecule is CC1OC(C)C(C(=O)NCC(N)C2CC2)C1C. The van der Waals surface area contributed by atoms with Gasteiger partial charge in [-0.2, -0.15) is 0 Å². The Balaban J connectivity index is 1.82. The van der Waals surface area contributed by atoms with Gasteiger partial charge in [0.15, 0.2) is 0 Å². The summed E-state index contributed by atoms with van der Waals surface area (Å²) in [5.74, 6) is 0.980. The van der Waals surface area contributed by atoms with E-state index in [1.54, 1.807) is 0 Å². The van der Waals surface area contributed by atoms with Gasteiger partial charge in [0.1, 0.15) is 0 Å². The number of rotatable bonds is 4. The van der Waals surface area contributed by atoms with Crippen LogP contribution in [0.4, 0.5) is 0 Å². The number of nitrogens with two attached hydrogens (primary N) is 1. The van der Waals surface area contributed by atoms with Gasteiger partial charge in [0.2, 0.25) is 5.91 Å². The Labute approximate surface area is 103 Å². The fraction of sp³-hybridized carbons (Fsp3) is 0.923. The summed E-state index contributed by atoms with van der Waals surface area (Å²) in [7, 11) is 0. The molecule has 3 N–H and O–H groups in total. The normalized spacial score (nSPS) is 39.1. The Hall–Kier alpha value is -0.610. The molecule has 0 radical (unpaired) electrons. The number of amides is 1. The molecule has 1 aliphatic carbocycles. The minimum Gasteiger partial charge on any atom is -0.374 e. The van der Waals surface area contributed by atoms with E-state index in [4.69, 9.17) is 10.5 Å². The van der Waals surface area contributed by atoms with Crippen molar-refractivity contribution in [3.63, 3.8) is 0 Å². The van der Waals surface area contributed by atoms with Crippen LogP contribution in [0.15, 0.2) is 0 Å². The van der Waals surface area contributed by atoms with Crippen molar-refractivity contribution in [2.75, 3.05) is 6.54 Å². The number of hydrogen-bond acceptors (Lipinski definition) is 3. The summed E-state index contributed by atoms with van der Waals surface area (Å²) in [6, 6.07) is 0.129. The summed E-state index contributed by atoms with van der Waals surface area (Å²) in [6.45, 7) is 6.70. The summed E-state index contributed by atoms with van der Waals surface area (Å²) in [6.07, 6.45) is 2.61. The highest BCUT2D eigenvalue weighted by Gasteiger charge is 2.41. The highest BCUT2D eigenvalue weighted by molar-refractivity contribution is 5.79. The minimum absolute atomic E-state index is 0.0112. The first-order valence-corrected chi connectivity index (χ1v) is 6.69. The molecule has 98 valence electrons. The van der Waals surface area contributed by atoms with Crippen molar-refractivity contribution in [2.24, 2.45) is 23.5 Å². The van der Waals surface area contributed by atoms with Crippen LogP contribution in [0.5, 0.6) is 0 Å². The van der Waals surface area contributed by atoms with Gasteiger partial charge in [-0.25, -0.2) is 0 Å². The van der Waals surface area contributed by atoms with Crippen molar-refractivity contribution in [1.29, 1.82) is 0 Å². The van der Waals surface area contributed by atoms with Crippen LogP contribution in [-0.2, 0) is 9.53 Å². The second kappa shape index (κ2) is 4.94. The van der Waals surface area contributed by atoms with Crippen LogP contribution in [0.3, 0.4) is 0 Å². The van der Waals surface area contributed by atoms with E-state index in [1.807, 2.05) is 13.8 Å². The molecule has 5 atom stereocenters. The van der Waals surface area contributed by atoms with Crippen LogP contribution in [0.25, 0.3) is 0 Å². The van der Waals surface area contributed by atoms with Gasteiger partial charge in [-0.15, -0.1) is 0 Å². The van der Waals surface area contributed by atoms with E-state index in [2.05, 4.69) is 12.2 Å². The van der Waals surface area contributed by atoms with Gasteiger partial charge in [0.05, 0.1) is 18.1 Å². The molecule has 0 aromatic carbocycles. The maximum atomic E-state index is 12.1. The first-order valence-electron chi connectivity index (χ1n) is 6.69. The van der Waals surface area contributed by atoms with Gasteiger partial charge in [-0.1, -0.05) is 6.92 Å². The molecule has 5 unspecified atom stereocenters. The van der Waals surface area contributed by atoms with Crippen LogP contribution in [0, 0.1) is 17.8 Å². The topological polar surface area (TPSA) is 64.3 Å². The maximum absolute atomic E-state index is 12.1. The molecule has 0 aromatic rings. The predicted octanol–water partition coefficient (Wildman–Crippen LogP) is 0.899. The average molecular weight is 240 g/mol. The Morgan fingerprint density at radius 2 is 2.00 bits per heavy atom. The number of ether oxygens (including phenoxy) is 1. The van der Waals surface area contributed by atoms with Crippen molar-refractivity contribution >= 4 is 5.91 Å². The lowest BCUT2D eigenvalue weighted by atomic mass is 9.89. The lowest BCUT2D eigenvalue weighted by molar-refractivity contribution is -0.127. The fourth-order valence-corrected chi connectivity index (χ4v) is 2.75. The molecular weight excluding hydrogens is 216 g/mol. The van der Waals surface area contributed by atoms with Crippen molar-refractivity contribution in [3.8, 4) is 0 Å². The minimum atomic E-state index is -0.0311. The predicted molar refractivity (Wildman–Crippen MR) is 66.4 cm³/mol. The molecule has 2 fully saturated rings. The van der Waals surface area contributed by atoms with Gasteiger partial charge in [0, 0.05) is 12.6 Å². The zero-order chi connectivity index (χ0) is 12.6. The van der Waals surface area contributed by atoms with Crippen LogP contribution in [0.2, 0.25) is 0 Å². The van der Waals surface area contributed by atoms with Gasteiger partial charge in [0.25, 0.3) is 0 Å². The molecule has 4 heteroatoms. The summed E-state index contributed by atoms with van der Waals surface area (Å²) in [5.41, 5.74) is 5.98. The number of carbonyl (C=O) groups excluding carboxylic acids is 1. The van der Waals surface area contributed by atoms with E-state index < -0.39 is 0 Å². The van der Waals surface area contributed by atoms with Crippen molar-refractivity contribution in [1.82, 2.24) is 5.32 Å². The molecule has 0 bridgehead atoms. The largest absolute Gasteiger partial charge is 0.374 e. The zero-order valence-corrected chi connectivity index (χ0v) is 11.0.